The summed E-state index contributed by atoms with van der Waals surface area (Å²) in [5.41, 5.74) is 0.0962. The van der Waals surface area contributed by atoms with Crippen LogP contribution < -0.4 is 5.32 Å². The first kappa shape index (κ1) is 14.4. The molecule has 1 fully saturated rings. The van der Waals surface area contributed by atoms with Gasteiger partial charge in [-0.2, -0.15) is 5.26 Å². The molecule has 4 heteroatoms. The molecule has 4 nitrogen and oxygen atoms in total. The molecule has 0 unspecified atom stereocenters. The van der Waals surface area contributed by atoms with Crippen molar-refractivity contribution in [3.05, 3.63) is 29.3 Å². The summed E-state index contributed by atoms with van der Waals surface area (Å²) in [6.07, 6.45) is 3.22. The number of nitrogens with one attached hydrogen (secondary N) is 1. The number of hydrogen-bond acceptors (Lipinski definition) is 3. The Balaban J connectivity index is 2.18. The predicted molar refractivity (Wildman–Crippen MR) is 76.3 cm³/mol. The van der Waals surface area contributed by atoms with E-state index in [-0.39, 0.29) is 17.2 Å². The number of phenolic OH excluding ortho intramolecular Hbond substituents is 1. The molecule has 0 spiro atoms. The van der Waals surface area contributed by atoms with Crippen LogP contribution in [0.25, 0.3) is 0 Å². The number of phenols is 1. The fourth-order valence-electron chi connectivity index (χ4n) is 2.65. The minimum Gasteiger partial charge on any atom is -0.507 e. The molecule has 0 aliphatic heterocycles. The van der Waals surface area contributed by atoms with Crippen molar-refractivity contribution in [2.24, 2.45) is 5.92 Å². The number of nitriles is 1. The predicted octanol–water partition coefficient (Wildman–Crippen LogP) is 2.90. The molecule has 1 aromatic rings. The van der Waals surface area contributed by atoms with Crippen molar-refractivity contribution in [1.82, 2.24) is 5.32 Å². The topological polar surface area (TPSA) is 73.1 Å². The molecule has 1 aromatic carbocycles. The molecule has 2 rings (SSSR count). The maximum atomic E-state index is 12.3. The number of nitrogens with zero attached hydrogens (tertiary/aromatic N) is 1. The normalized spacial score (nSPS) is 25.8. The number of hydrogen-bond donors (Lipinski definition) is 2. The van der Waals surface area contributed by atoms with Crippen molar-refractivity contribution in [1.29, 1.82) is 5.26 Å². The van der Waals surface area contributed by atoms with Gasteiger partial charge in [0.2, 0.25) is 0 Å². The third-order valence-electron chi connectivity index (χ3n) is 4.18. The van der Waals surface area contributed by atoms with Gasteiger partial charge < -0.3 is 10.4 Å². The SMILES string of the molecule is Cc1cccc(C(=O)NC2(C#N)CCC(C)CC2)c1O. The van der Waals surface area contributed by atoms with E-state index in [0.717, 1.165) is 12.8 Å². The lowest BCUT2D eigenvalue weighted by molar-refractivity contribution is 0.0891. The van der Waals surface area contributed by atoms with Crippen LogP contribution in [0.15, 0.2) is 18.2 Å². The fraction of sp³-hybridized carbons (Fsp3) is 0.500. The van der Waals surface area contributed by atoms with Gasteiger partial charge in [0, 0.05) is 0 Å². The zero-order valence-electron chi connectivity index (χ0n) is 11.9. The molecule has 1 aliphatic carbocycles. The number of amides is 1. The van der Waals surface area contributed by atoms with Crippen LogP contribution in [0.2, 0.25) is 0 Å². The largest absolute Gasteiger partial charge is 0.507 e. The standard InChI is InChI=1S/C16H20N2O2/c1-11-6-8-16(10-17,9-7-11)18-15(20)13-5-3-4-12(2)14(13)19/h3-5,11,19H,6-9H2,1-2H3,(H,18,20). The third-order valence-corrected chi connectivity index (χ3v) is 4.18. The van der Waals surface area contributed by atoms with Gasteiger partial charge in [-0.1, -0.05) is 19.1 Å². The van der Waals surface area contributed by atoms with Crippen molar-refractivity contribution in [3.63, 3.8) is 0 Å². The number of rotatable bonds is 2. The van der Waals surface area contributed by atoms with Gasteiger partial charge in [-0.15, -0.1) is 0 Å². The minimum atomic E-state index is -0.792. The molecular weight excluding hydrogens is 252 g/mol. The van der Waals surface area contributed by atoms with E-state index in [9.17, 15) is 15.2 Å². The second kappa shape index (κ2) is 5.54. The van der Waals surface area contributed by atoms with E-state index in [1.165, 1.54) is 0 Å². The zero-order valence-corrected chi connectivity index (χ0v) is 11.9. The Hall–Kier alpha value is -2.02. The molecule has 0 aromatic heterocycles. The van der Waals surface area contributed by atoms with Crippen LogP contribution in [0, 0.1) is 24.2 Å². The minimum absolute atomic E-state index is 0.0118. The summed E-state index contributed by atoms with van der Waals surface area (Å²) >= 11 is 0. The molecule has 20 heavy (non-hydrogen) atoms. The number of para-hydroxylation sites is 1. The summed E-state index contributed by atoms with van der Waals surface area (Å²) in [7, 11) is 0. The first-order chi connectivity index (χ1) is 9.47. The number of carbonyl (C=O) groups is 1. The van der Waals surface area contributed by atoms with E-state index in [1.54, 1.807) is 25.1 Å². The molecule has 1 amide bonds. The molecule has 2 N–H and O–H groups in total. The van der Waals surface area contributed by atoms with Gasteiger partial charge in [0.05, 0.1) is 11.6 Å². The molecule has 0 radical (unpaired) electrons. The van der Waals surface area contributed by atoms with Gasteiger partial charge >= 0.3 is 0 Å². The van der Waals surface area contributed by atoms with Crippen LogP contribution in [0.1, 0.15) is 48.5 Å². The molecule has 0 bridgehead atoms. The first-order valence-electron chi connectivity index (χ1n) is 7.00. The van der Waals surface area contributed by atoms with Crippen LogP contribution in [0.3, 0.4) is 0 Å². The van der Waals surface area contributed by atoms with Crippen molar-refractivity contribution in [3.8, 4) is 11.8 Å². The highest BCUT2D eigenvalue weighted by Crippen LogP contribution is 2.32. The maximum Gasteiger partial charge on any atom is 0.256 e. The lowest BCUT2D eigenvalue weighted by Crippen LogP contribution is -2.49. The van der Waals surface area contributed by atoms with E-state index < -0.39 is 5.54 Å². The smallest absolute Gasteiger partial charge is 0.256 e. The van der Waals surface area contributed by atoms with Gasteiger partial charge in [0.1, 0.15) is 11.3 Å². The Morgan fingerprint density at radius 3 is 2.70 bits per heavy atom. The zero-order chi connectivity index (χ0) is 14.8. The number of aromatic hydroxyl groups is 1. The van der Waals surface area contributed by atoms with Crippen LogP contribution >= 0.6 is 0 Å². The second-order valence-corrected chi connectivity index (χ2v) is 5.80. The van der Waals surface area contributed by atoms with Crippen molar-refractivity contribution in [2.75, 3.05) is 0 Å². The number of benzene rings is 1. The summed E-state index contributed by atoms with van der Waals surface area (Å²) in [5.74, 6) is 0.213. The van der Waals surface area contributed by atoms with E-state index in [2.05, 4.69) is 18.3 Å². The highest BCUT2D eigenvalue weighted by molar-refractivity contribution is 5.97. The van der Waals surface area contributed by atoms with E-state index >= 15 is 0 Å². The van der Waals surface area contributed by atoms with E-state index in [1.807, 2.05) is 0 Å². The summed E-state index contributed by atoms with van der Waals surface area (Å²) in [6.45, 7) is 3.91. The summed E-state index contributed by atoms with van der Waals surface area (Å²) < 4.78 is 0. The Kier molecular flexibility index (Phi) is 3.99. The fourth-order valence-corrected chi connectivity index (χ4v) is 2.65. The molecule has 1 saturated carbocycles. The second-order valence-electron chi connectivity index (χ2n) is 5.80. The van der Waals surface area contributed by atoms with Crippen molar-refractivity contribution < 1.29 is 9.90 Å². The summed E-state index contributed by atoms with van der Waals surface area (Å²) in [5, 5.41) is 22.2. The van der Waals surface area contributed by atoms with Gasteiger partial charge in [-0.05, 0) is 50.2 Å². The highest BCUT2D eigenvalue weighted by Gasteiger charge is 2.36. The molecule has 0 atom stereocenters. The Morgan fingerprint density at radius 2 is 2.10 bits per heavy atom. The van der Waals surface area contributed by atoms with Crippen LogP contribution in [-0.4, -0.2) is 16.6 Å². The average Bonchev–Trinajstić information content (AvgIpc) is 2.44. The lowest BCUT2D eigenvalue weighted by Gasteiger charge is -2.34. The Morgan fingerprint density at radius 1 is 1.45 bits per heavy atom. The molecule has 1 aliphatic rings. The van der Waals surface area contributed by atoms with Crippen LogP contribution in [0.4, 0.5) is 0 Å². The molecule has 106 valence electrons. The molecule has 0 heterocycles. The maximum absolute atomic E-state index is 12.3. The summed E-state index contributed by atoms with van der Waals surface area (Å²) in [4.78, 5) is 12.3. The summed E-state index contributed by atoms with van der Waals surface area (Å²) in [6, 6.07) is 7.31. The van der Waals surface area contributed by atoms with Gasteiger partial charge in [-0.25, -0.2) is 0 Å². The quantitative estimate of drug-likeness (QED) is 0.869. The monoisotopic (exact) mass is 272 g/mol. The van der Waals surface area contributed by atoms with Gasteiger partial charge in [0.15, 0.2) is 0 Å². The van der Waals surface area contributed by atoms with Crippen molar-refractivity contribution >= 4 is 5.91 Å². The van der Waals surface area contributed by atoms with Gasteiger partial charge in [-0.3, -0.25) is 4.79 Å². The third kappa shape index (κ3) is 2.77. The average molecular weight is 272 g/mol. The highest BCUT2D eigenvalue weighted by atomic mass is 16.3. The number of carbonyl (C=O) groups excluding carboxylic acids is 1. The van der Waals surface area contributed by atoms with E-state index in [0.29, 0.717) is 24.3 Å². The number of aryl methyl sites for hydroxylation is 1. The van der Waals surface area contributed by atoms with E-state index in [4.69, 9.17) is 0 Å². The van der Waals surface area contributed by atoms with Crippen molar-refractivity contribution in [2.45, 2.75) is 45.1 Å². The lowest BCUT2D eigenvalue weighted by atomic mass is 9.78. The molecule has 0 saturated heterocycles. The van der Waals surface area contributed by atoms with Gasteiger partial charge in [0.25, 0.3) is 5.91 Å². The molecular formula is C16H20N2O2. The Labute approximate surface area is 119 Å². The van der Waals surface area contributed by atoms with Crippen LogP contribution in [-0.2, 0) is 0 Å². The Bertz CT molecular complexity index is 552. The van der Waals surface area contributed by atoms with Crippen LogP contribution in [0.5, 0.6) is 5.75 Å². The first-order valence-corrected chi connectivity index (χ1v) is 7.00.